The number of fused-ring (bicyclic) bond motifs is 1. The standard InChI is InChI=1S/C16H19ClN4O3/c1-3-24-16(23)20-8-6-19(7-9-20)15(22)14-11(2)18-13-5-4-12(17)10-21(13)14/h4-5,10H,3,6-9H2,1-2H3. The molecular weight excluding hydrogens is 332 g/mol. The van der Waals surface area contributed by atoms with Gasteiger partial charge in [0.2, 0.25) is 0 Å². The van der Waals surface area contributed by atoms with Gasteiger partial charge in [0.15, 0.2) is 0 Å². The van der Waals surface area contributed by atoms with Crippen LogP contribution in [0.5, 0.6) is 0 Å². The average Bonchev–Trinajstić information content (AvgIpc) is 2.89. The molecule has 3 rings (SSSR count). The molecule has 128 valence electrons. The molecule has 0 saturated carbocycles. The first kappa shape index (κ1) is 16.6. The van der Waals surface area contributed by atoms with Gasteiger partial charge in [0, 0.05) is 32.4 Å². The molecule has 0 atom stereocenters. The molecule has 3 heterocycles. The molecule has 24 heavy (non-hydrogen) atoms. The molecule has 1 aliphatic heterocycles. The molecule has 0 spiro atoms. The number of amides is 2. The third-order valence-electron chi connectivity index (χ3n) is 4.05. The summed E-state index contributed by atoms with van der Waals surface area (Å²) in [4.78, 5) is 32.4. The van der Waals surface area contributed by atoms with Crippen molar-refractivity contribution < 1.29 is 14.3 Å². The Balaban J connectivity index is 1.78. The molecule has 0 N–H and O–H groups in total. The van der Waals surface area contributed by atoms with Crippen LogP contribution in [0.3, 0.4) is 0 Å². The first-order valence-corrected chi connectivity index (χ1v) is 8.24. The summed E-state index contributed by atoms with van der Waals surface area (Å²) in [5, 5.41) is 0.543. The fourth-order valence-corrected chi connectivity index (χ4v) is 3.01. The number of halogens is 1. The number of imidazole rings is 1. The van der Waals surface area contributed by atoms with Crippen LogP contribution in [-0.4, -0.2) is 64.0 Å². The highest BCUT2D eigenvalue weighted by molar-refractivity contribution is 6.30. The van der Waals surface area contributed by atoms with Gasteiger partial charge in [-0.15, -0.1) is 0 Å². The summed E-state index contributed by atoms with van der Waals surface area (Å²) >= 11 is 6.04. The molecule has 1 aliphatic rings. The SMILES string of the molecule is CCOC(=O)N1CCN(C(=O)c2c(C)nc3ccc(Cl)cn23)CC1. The van der Waals surface area contributed by atoms with E-state index in [0.717, 1.165) is 0 Å². The van der Waals surface area contributed by atoms with Gasteiger partial charge in [0.1, 0.15) is 11.3 Å². The maximum atomic E-state index is 12.9. The fraction of sp³-hybridized carbons (Fsp3) is 0.438. The summed E-state index contributed by atoms with van der Waals surface area (Å²) in [6.07, 6.45) is 1.36. The summed E-state index contributed by atoms with van der Waals surface area (Å²) < 4.78 is 6.71. The van der Waals surface area contributed by atoms with Gasteiger partial charge in [0.05, 0.1) is 17.3 Å². The minimum absolute atomic E-state index is 0.106. The number of rotatable bonds is 2. The number of pyridine rings is 1. The van der Waals surface area contributed by atoms with E-state index in [9.17, 15) is 9.59 Å². The lowest BCUT2D eigenvalue weighted by Gasteiger charge is -2.34. The van der Waals surface area contributed by atoms with Crippen molar-refractivity contribution in [3.63, 3.8) is 0 Å². The molecular formula is C16H19ClN4O3. The Morgan fingerprint density at radius 1 is 1.21 bits per heavy atom. The van der Waals surface area contributed by atoms with Crippen LogP contribution in [0.25, 0.3) is 5.65 Å². The van der Waals surface area contributed by atoms with Crippen LogP contribution in [0.4, 0.5) is 4.79 Å². The summed E-state index contributed by atoms with van der Waals surface area (Å²) in [5.41, 5.74) is 1.86. The summed E-state index contributed by atoms with van der Waals surface area (Å²) in [6.45, 7) is 5.77. The van der Waals surface area contributed by atoms with Gasteiger partial charge in [0.25, 0.3) is 5.91 Å². The number of hydrogen-bond donors (Lipinski definition) is 0. The van der Waals surface area contributed by atoms with Crippen LogP contribution < -0.4 is 0 Å². The molecule has 7 nitrogen and oxygen atoms in total. The van der Waals surface area contributed by atoms with Crippen molar-refractivity contribution in [1.29, 1.82) is 0 Å². The molecule has 0 unspecified atom stereocenters. The monoisotopic (exact) mass is 350 g/mol. The van der Waals surface area contributed by atoms with Gasteiger partial charge in [-0.25, -0.2) is 9.78 Å². The Kier molecular flexibility index (Phi) is 4.62. The second-order valence-electron chi connectivity index (χ2n) is 5.60. The van der Waals surface area contributed by atoms with Crippen molar-refractivity contribution in [3.8, 4) is 0 Å². The molecule has 1 saturated heterocycles. The third kappa shape index (κ3) is 3.03. The van der Waals surface area contributed by atoms with Crippen LogP contribution in [0.2, 0.25) is 5.02 Å². The van der Waals surface area contributed by atoms with E-state index in [0.29, 0.717) is 54.8 Å². The number of hydrogen-bond acceptors (Lipinski definition) is 4. The quantitative estimate of drug-likeness (QED) is 0.832. The second-order valence-corrected chi connectivity index (χ2v) is 6.04. The zero-order chi connectivity index (χ0) is 17.3. The molecule has 2 aromatic heterocycles. The molecule has 0 aromatic carbocycles. The van der Waals surface area contributed by atoms with Crippen molar-refractivity contribution in [2.45, 2.75) is 13.8 Å². The molecule has 2 aromatic rings. The maximum Gasteiger partial charge on any atom is 0.409 e. The van der Waals surface area contributed by atoms with Crippen LogP contribution in [-0.2, 0) is 4.74 Å². The normalized spacial score (nSPS) is 15.0. The van der Waals surface area contributed by atoms with Gasteiger partial charge in [-0.05, 0) is 26.0 Å². The summed E-state index contributed by atoms with van der Waals surface area (Å²) in [6, 6.07) is 3.53. The van der Waals surface area contributed by atoms with E-state index in [1.165, 1.54) is 0 Å². The Bertz CT molecular complexity index is 781. The highest BCUT2D eigenvalue weighted by Gasteiger charge is 2.28. The first-order chi connectivity index (χ1) is 11.5. The topological polar surface area (TPSA) is 67.2 Å². The van der Waals surface area contributed by atoms with E-state index in [2.05, 4.69) is 4.98 Å². The molecule has 8 heteroatoms. The largest absolute Gasteiger partial charge is 0.450 e. The van der Waals surface area contributed by atoms with Crippen molar-refractivity contribution in [2.24, 2.45) is 0 Å². The van der Waals surface area contributed by atoms with Gasteiger partial charge in [-0.2, -0.15) is 0 Å². The number of ether oxygens (including phenoxy) is 1. The minimum Gasteiger partial charge on any atom is -0.450 e. The lowest BCUT2D eigenvalue weighted by atomic mass is 10.2. The predicted molar refractivity (Wildman–Crippen MR) is 89.4 cm³/mol. The summed E-state index contributed by atoms with van der Waals surface area (Å²) in [7, 11) is 0. The number of nitrogens with zero attached hydrogens (tertiary/aromatic N) is 4. The number of aryl methyl sites for hydroxylation is 1. The lowest BCUT2D eigenvalue weighted by Crippen LogP contribution is -2.51. The van der Waals surface area contributed by atoms with Crippen molar-refractivity contribution in [2.75, 3.05) is 32.8 Å². The van der Waals surface area contributed by atoms with Crippen LogP contribution >= 0.6 is 11.6 Å². The Hall–Kier alpha value is -2.28. The number of aromatic nitrogens is 2. The number of carbonyl (C=O) groups excluding carboxylic acids is 2. The lowest BCUT2D eigenvalue weighted by molar-refractivity contribution is 0.0564. The van der Waals surface area contributed by atoms with Crippen molar-refractivity contribution >= 4 is 29.2 Å². The Morgan fingerprint density at radius 3 is 2.54 bits per heavy atom. The van der Waals surface area contributed by atoms with Crippen molar-refractivity contribution in [3.05, 3.63) is 34.7 Å². The van der Waals surface area contributed by atoms with Gasteiger partial charge < -0.3 is 14.5 Å². The molecule has 2 amide bonds. The van der Waals surface area contributed by atoms with Crippen molar-refractivity contribution in [1.82, 2.24) is 19.2 Å². The highest BCUT2D eigenvalue weighted by atomic mass is 35.5. The average molecular weight is 351 g/mol. The van der Waals surface area contributed by atoms with E-state index in [1.807, 2.05) is 6.92 Å². The van der Waals surface area contributed by atoms with E-state index < -0.39 is 0 Å². The highest BCUT2D eigenvalue weighted by Crippen LogP contribution is 2.18. The van der Waals surface area contributed by atoms with Gasteiger partial charge >= 0.3 is 6.09 Å². The van der Waals surface area contributed by atoms with Crippen LogP contribution in [0.1, 0.15) is 23.1 Å². The third-order valence-corrected chi connectivity index (χ3v) is 4.28. The fourth-order valence-electron chi connectivity index (χ4n) is 2.85. The van der Waals surface area contributed by atoms with Gasteiger partial charge in [-0.1, -0.05) is 11.6 Å². The molecule has 0 bridgehead atoms. The Morgan fingerprint density at radius 2 is 1.88 bits per heavy atom. The molecule has 1 fully saturated rings. The van der Waals surface area contributed by atoms with Gasteiger partial charge in [-0.3, -0.25) is 9.20 Å². The maximum absolute atomic E-state index is 12.9. The van der Waals surface area contributed by atoms with E-state index in [4.69, 9.17) is 16.3 Å². The van der Waals surface area contributed by atoms with E-state index >= 15 is 0 Å². The summed E-state index contributed by atoms with van der Waals surface area (Å²) in [5.74, 6) is -0.106. The molecule has 0 radical (unpaired) electrons. The zero-order valence-corrected chi connectivity index (χ0v) is 14.4. The predicted octanol–water partition coefficient (Wildman–Crippen LogP) is 2.21. The van der Waals surface area contributed by atoms with Crippen LogP contribution in [0.15, 0.2) is 18.3 Å². The number of piperazine rings is 1. The second kappa shape index (κ2) is 6.68. The smallest absolute Gasteiger partial charge is 0.409 e. The minimum atomic E-state index is -0.331. The number of carbonyl (C=O) groups is 2. The Labute approximate surface area is 144 Å². The zero-order valence-electron chi connectivity index (χ0n) is 13.7. The van der Waals surface area contributed by atoms with E-state index in [1.54, 1.807) is 39.5 Å². The van der Waals surface area contributed by atoms with Crippen LogP contribution in [0, 0.1) is 6.92 Å². The first-order valence-electron chi connectivity index (χ1n) is 7.86. The van der Waals surface area contributed by atoms with E-state index in [-0.39, 0.29) is 12.0 Å². The molecule has 0 aliphatic carbocycles.